The quantitative estimate of drug-likeness (QED) is 0.555. The van der Waals surface area contributed by atoms with E-state index in [1.165, 1.54) is 11.1 Å². The zero-order valence-corrected chi connectivity index (χ0v) is 15.6. The predicted octanol–water partition coefficient (Wildman–Crippen LogP) is 5.90. The van der Waals surface area contributed by atoms with Crippen molar-refractivity contribution < 1.29 is 0 Å². The first-order chi connectivity index (χ1) is 12.6. The first kappa shape index (κ1) is 19.1. The molecule has 3 aromatic rings. The van der Waals surface area contributed by atoms with Crippen LogP contribution in [-0.4, -0.2) is 9.97 Å². The molecule has 1 aromatic carbocycles. The fraction of sp³-hybridized carbons (Fsp3) is 0.167. The molecule has 0 saturated heterocycles. The molecule has 0 bridgehead atoms. The van der Waals surface area contributed by atoms with Crippen LogP contribution < -0.4 is 0 Å². The highest BCUT2D eigenvalue weighted by atomic mass is 14.8. The molecule has 0 fully saturated rings. The van der Waals surface area contributed by atoms with Crippen molar-refractivity contribution >= 4 is 12.2 Å². The molecule has 0 amide bonds. The van der Waals surface area contributed by atoms with E-state index in [1.807, 2.05) is 50.4 Å². The predicted molar refractivity (Wildman–Crippen MR) is 111 cm³/mol. The summed E-state index contributed by atoms with van der Waals surface area (Å²) in [6, 6.07) is 18.4. The smallest absolute Gasteiger partial charge is 0.0892 e. The molecule has 0 spiro atoms. The minimum absolute atomic E-state index is 0.412. The molecule has 3 rings (SSSR count). The summed E-state index contributed by atoms with van der Waals surface area (Å²) in [6.45, 7) is 6.06. The van der Waals surface area contributed by atoms with E-state index < -0.39 is 0 Å². The summed E-state index contributed by atoms with van der Waals surface area (Å²) in [7, 11) is 0. The van der Waals surface area contributed by atoms with Crippen molar-refractivity contribution in [3.63, 3.8) is 0 Å². The van der Waals surface area contributed by atoms with Crippen molar-refractivity contribution in [2.24, 2.45) is 5.92 Å². The third-order valence-corrected chi connectivity index (χ3v) is 3.59. The SMILES string of the molecule is C#CC(C)C.Cc1ccc(/C=C\c2ccnc(-c3ccccn3)c2)cc1. The van der Waals surface area contributed by atoms with Gasteiger partial charge in [-0.3, -0.25) is 9.97 Å². The number of hydrogen-bond donors (Lipinski definition) is 0. The molecule has 0 saturated carbocycles. The number of pyridine rings is 2. The standard InChI is InChI=1S/C19H16N2.C5H8/c1-15-5-7-16(8-6-15)9-10-17-11-13-21-19(14-17)18-4-2-3-12-20-18;1-4-5(2)3/h2-14H,1H3;1,5H,2-3H3/b10-9-;. The van der Waals surface area contributed by atoms with E-state index in [9.17, 15) is 0 Å². The molecule has 0 unspecified atom stereocenters. The van der Waals surface area contributed by atoms with Gasteiger partial charge in [0.1, 0.15) is 0 Å². The second-order valence-corrected chi connectivity index (χ2v) is 6.25. The highest BCUT2D eigenvalue weighted by molar-refractivity contribution is 5.71. The van der Waals surface area contributed by atoms with E-state index in [0.29, 0.717) is 5.92 Å². The van der Waals surface area contributed by atoms with E-state index >= 15 is 0 Å². The van der Waals surface area contributed by atoms with Crippen LogP contribution in [0.5, 0.6) is 0 Å². The Morgan fingerprint density at radius 2 is 1.50 bits per heavy atom. The Labute approximate surface area is 156 Å². The number of aromatic nitrogens is 2. The molecule has 0 atom stereocenters. The van der Waals surface area contributed by atoms with Gasteiger partial charge in [0, 0.05) is 18.3 Å². The van der Waals surface area contributed by atoms with Crippen LogP contribution in [0.4, 0.5) is 0 Å². The Balaban J connectivity index is 0.000000431. The van der Waals surface area contributed by atoms with Crippen LogP contribution in [-0.2, 0) is 0 Å². The molecule has 0 radical (unpaired) electrons. The summed E-state index contributed by atoms with van der Waals surface area (Å²) in [5.74, 6) is 2.94. The summed E-state index contributed by atoms with van der Waals surface area (Å²) in [5, 5.41) is 0. The second-order valence-electron chi connectivity index (χ2n) is 6.25. The molecular weight excluding hydrogens is 316 g/mol. The van der Waals surface area contributed by atoms with Crippen molar-refractivity contribution in [1.82, 2.24) is 9.97 Å². The Kier molecular flexibility index (Phi) is 7.33. The van der Waals surface area contributed by atoms with Crippen molar-refractivity contribution in [2.45, 2.75) is 20.8 Å². The van der Waals surface area contributed by atoms with Crippen molar-refractivity contribution in [3.8, 4) is 23.7 Å². The molecule has 26 heavy (non-hydrogen) atoms. The Bertz CT molecular complexity index is 870. The number of rotatable bonds is 3. The molecule has 2 heterocycles. The van der Waals surface area contributed by atoms with E-state index in [2.05, 4.69) is 59.2 Å². The van der Waals surface area contributed by atoms with Gasteiger partial charge >= 0.3 is 0 Å². The number of aryl methyl sites for hydroxylation is 1. The maximum Gasteiger partial charge on any atom is 0.0892 e. The summed E-state index contributed by atoms with van der Waals surface area (Å²) in [6.07, 6.45) is 12.7. The average molecular weight is 340 g/mol. The molecule has 2 aromatic heterocycles. The lowest BCUT2D eigenvalue weighted by atomic mass is 10.1. The number of hydrogen-bond acceptors (Lipinski definition) is 2. The van der Waals surface area contributed by atoms with Crippen molar-refractivity contribution in [2.75, 3.05) is 0 Å². The summed E-state index contributed by atoms with van der Waals surface area (Å²) in [4.78, 5) is 8.71. The lowest BCUT2D eigenvalue weighted by Crippen LogP contribution is -1.86. The highest BCUT2D eigenvalue weighted by Gasteiger charge is 1.99. The summed E-state index contributed by atoms with van der Waals surface area (Å²) < 4.78 is 0. The van der Waals surface area contributed by atoms with Gasteiger partial charge in [0.05, 0.1) is 11.4 Å². The minimum Gasteiger partial charge on any atom is -0.255 e. The van der Waals surface area contributed by atoms with Crippen LogP contribution in [0.3, 0.4) is 0 Å². The van der Waals surface area contributed by atoms with E-state index in [0.717, 1.165) is 17.0 Å². The monoisotopic (exact) mass is 340 g/mol. The lowest BCUT2D eigenvalue weighted by molar-refractivity contribution is 0.868. The van der Waals surface area contributed by atoms with Gasteiger partial charge in [-0.2, -0.15) is 0 Å². The van der Waals surface area contributed by atoms with Crippen LogP contribution in [0.15, 0.2) is 67.0 Å². The van der Waals surface area contributed by atoms with Crippen LogP contribution in [0.1, 0.15) is 30.5 Å². The largest absolute Gasteiger partial charge is 0.255 e. The first-order valence-electron chi connectivity index (χ1n) is 8.67. The normalized spacial score (nSPS) is 10.3. The fourth-order valence-electron chi connectivity index (χ4n) is 2.07. The van der Waals surface area contributed by atoms with Crippen molar-refractivity contribution in [3.05, 3.63) is 83.7 Å². The summed E-state index contributed by atoms with van der Waals surface area (Å²) >= 11 is 0. The van der Waals surface area contributed by atoms with E-state index in [-0.39, 0.29) is 0 Å². The Morgan fingerprint density at radius 1 is 0.846 bits per heavy atom. The number of terminal acetylenes is 1. The molecule has 0 N–H and O–H groups in total. The van der Waals surface area contributed by atoms with Crippen LogP contribution in [0.25, 0.3) is 23.5 Å². The van der Waals surface area contributed by atoms with Gasteiger partial charge in [-0.05, 0) is 42.3 Å². The molecule has 0 aliphatic carbocycles. The van der Waals surface area contributed by atoms with Gasteiger partial charge in [-0.25, -0.2) is 0 Å². The van der Waals surface area contributed by atoms with Crippen LogP contribution in [0, 0.1) is 25.2 Å². The molecule has 0 aliphatic heterocycles. The lowest BCUT2D eigenvalue weighted by Gasteiger charge is -2.01. The van der Waals surface area contributed by atoms with Gasteiger partial charge in [0.15, 0.2) is 0 Å². The van der Waals surface area contributed by atoms with E-state index in [1.54, 1.807) is 6.20 Å². The zero-order valence-electron chi connectivity index (χ0n) is 15.6. The van der Waals surface area contributed by atoms with Crippen LogP contribution >= 0.6 is 0 Å². The Morgan fingerprint density at radius 3 is 2.12 bits per heavy atom. The molecule has 2 nitrogen and oxygen atoms in total. The molecule has 2 heteroatoms. The van der Waals surface area contributed by atoms with Gasteiger partial charge in [0.2, 0.25) is 0 Å². The maximum absolute atomic E-state index is 4.92. The minimum atomic E-state index is 0.412. The third kappa shape index (κ3) is 6.37. The Hall–Kier alpha value is -3.18. The fourth-order valence-corrected chi connectivity index (χ4v) is 2.07. The zero-order chi connectivity index (χ0) is 18.8. The van der Waals surface area contributed by atoms with Gasteiger partial charge in [-0.15, -0.1) is 12.3 Å². The highest BCUT2D eigenvalue weighted by Crippen LogP contribution is 2.16. The molecular formula is C24H24N2. The third-order valence-electron chi connectivity index (χ3n) is 3.59. The molecule has 130 valence electrons. The first-order valence-corrected chi connectivity index (χ1v) is 8.67. The number of benzene rings is 1. The van der Waals surface area contributed by atoms with Gasteiger partial charge in [0.25, 0.3) is 0 Å². The van der Waals surface area contributed by atoms with E-state index in [4.69, 9.17) is 6.42 Å². The van der Waals surface area contributed by atoms with Gasteiger partial charge in [-0.1, -0.05) is 61.9 Å². The average Bonchev–Trinajstić information content (AvgIpc) is 2.69. The maximum atomic E-state index is 4.92. The second kappa shape index (κ2) is 9.96. The van der Waals surface area contributed by atoms with Gasteiger partial charge < -0.3 is 0 Å². The van der Waals surface area contributed by atoms with Crippen LogP contribution in [0.2, 0.25) is 0 Å². The number of nitrogens with zero attached hydrogens (tertiary/aromatic N) is 2. The molecule has 0 aliphatic rings. The topological polar surface area (TPSA) is 25.8 Å². The van der Waals surface area contributed by atoms with Crippen molar-refractivity contribution in [1.29, 1.82) is 0 Å². The summed E-state index contributed by atoms with van der Waals surface area (Å²) in [5.41, 5.74) is 5.36.